The van der Waals surface area contributed by atoms with Gasteiger partial charge in [-0.05, 0) is 43.5 Å². The highest BCUT2D eigenvalue weighted by molar-refractivity contribution is 5.88. The van der Waals surface area contributed by atoms with E-state index in [1.54, 1.807) is 13.3 Å². The molecular formula is C31H39N3O10. The standard InChI is InChI=1S/C25H31N3O3.C6H8O7/c1-3-31-23-9-8-20(16-21(23)18-28-15-12-26-19-28)17-27-13-10-25(29,11-14-27)22-6-4-5-7-24(22)30-2;7-3(8)1-6(13,5(11)12)2-4(9)10/h4-9,12,15-16,19,29H,3,10-11,13-14,17-18H2,1-2H3;13H,1-2H2,(H,7,8)(H,9,10)(H,11,12). The van der Waals surface area contributed by atoms with Crippen molar-refractivity contribution in [2.24, 2.45) is 0 Å². The summed E-state index contributed by atoms with van der Waals surface area (Å²) in [5.41, 5.74) is -0.284. The topological polar surface area (TPSA) is 192 Å². The van der Waals surface area contributed by atoms with Crippen molar-refractivity contribution in [2.45, 2.75) is 56.9 Å². The van der Waals surface area contributed by atoms with E-state index in [1.807, 2.05) is 43.7 Å². The molecule has 1 fully saturated rings. The molecule has 2 heterocycles. The van der Waals surface area contributed by atoms with E-state index >= 15 is 0 Å². The van der Waals surface area contributed by atoms with Gasteiger partial charge in [-0.2, -0.15) is 0 Å². The van der Waals surface area contributed by atoms with Crippen LogP contribution < -0.4 is 9.47 Å². The SMILES string of the molecule is CCOc1ccc(CN2CCC(O)(c3ccccc3OC)CC2)cc1Cn1ccnc1.O=C(O)CC(O)(CC(=O)O)C(=O)O. The lowest BCUT2D eigenvalue weighted by molar-refractivity contribution is -0.170. The number of ether oxygens (including phenoxy) is 2. The van der Waals surface area contributed by atoms with E-state index in [0.717, 1.165) is 48.8 Å². The fourth-order valence-corrected chi connectivity index (χ4v) is 5.08. The Bertz CT molecular complexity index is 1390. The van der Waals surface area contributed by atoms with Gasteiger partial charge in [0.25, 0.3) is 0 Å². The van der Waals surface area contributed by atoms with Gasteiger partial charge in [-0.3, -0.25) is 14.5 Å². The van der Waals surface area contributed by atoms with E-state index < -0.39 is 42.0 Å². The molecule has 5 N–H and O–H groups in total. The van der Waals surface area contributed by atoms with Crippen molar-refractivity contribution in [3.8, 4) is 11.5 Å². The molecule has 1 aliphatic heterocycles. The number of rotatable bonds is 13. The highest BCUT2D eigenvalue weighted by Gasteiger charge is 2.41. The first-order chi connectivity index (χ1) is 20.9. The third-order valence-electron chi connectivity index (χ3n) is 7.32. The van der Waals surface area contributed by atoms with Gasteiger partial charge >= 0.3 is 17.9 Å². The van der Waals surface area contributed by atoms with Crippen LogP contribution in [0.1, 0.15) is 49.3 Å². The van der Waals surface area contributed by atoms with E-state index in [2.05, 4.69) is 32.7 Å². The smallest absolute Gasteiger partial charge is 0.336 e. The molecule has 0 radical (unpaired) electrons. The lowest BCUT2D eigenvalue weighted by Gasteiger charge is -2.39. The van der Waals surface area contributed by atoms with Gasteiger partial charge in [-0.25, -0.2) is 9.78 Å². The minimum atomic E-state index is -2.74. The number of piperidine rings is 1. The summed E-state index contributed by atoms with van der Waals surface area (Å²) >= 11 is 0. The van der Waals surface area contributed by atoms with Crippen molar-refractivity contribution >= 4 is 17.9 Å². The largest absolute Gasteiger partial charge is 0.496 e. The Morgan fingerprint density at radius 3 is 2.18 bits per heavy atom. The lowest BCUT2D eigenvalue weighted by atomic mass is 9.83. The van der Waals surface area contributed by atoms with Gasteiger partial charge in [0.15, 0.2) is 5.60 Å². The predicted octanol–water partition coefficient (Wildman–Crippen LogP) is 2.57. The van der Waals surface area contributed by atoms with Gasteiger partial charge in [0, 0.05) is 43.2 Å². The molecule has 13 nitrogen and oxygen atoms in total. The Hall–Kier alpha value is -4.46. The maximum atomic E-state index is 11.3. The second kappa shape index (κ2) is 15.3. The van der Waals surface area contributed by atoms with Gasteiger partial charge in [0.1, 0.15) is 11.5 Å². The second-order valence-corrected chi connectivity index (χ2v) is 10.6. The molecule has 0 bridgehead atoms. The molecule has 1 saturated heterocycles. The van der Waals surface area contributed by atoms with Crippen molar-refractivity contribution in [3.05, 3.63) is 77.9 Å². The molecule has 1 aromatic heterocycles. The molecule has 0 saturated carbocycles. The molecule has 44 heavy (non-hydrogen) atoms. The summed E-state index contributed by atoms with van der Waals surface area (Å²) in [5.74, 6) is -3.34. The lowest BCUT2D eigenvalue weighted by Crippen LogP contribution is -2.42. The van der Waals surface area contributed by atoms with Crippen LogP contribution in [0.3, 0.4) is 0 Å². The zero-order valence-electron chi connectivity index (χ0n) is 24.8. The van der Waals surface area contributed by atoms with Gasteiger partial charge in [0.2, 0.25) is 0 Å². The molecule has 13 heteroatoms. The average molecular weight is 614 g/mol. The fraction of sp³-hybridized carbons (Fsp3) is 0.419. The third-order valence-corrected chi connectivity index (χ3v) is 7.32. The number of benzene rings is 2. The van der Waals surface area contributed by atoms with Gasteiger partial charge in [-0.1, -0.05) is 24.3 Å². The number of methoxy groups -OCH3 is 1. The van der Waals surface area contributed by atoms with Crippen LogP contribution >= 0.6 is 0 Å². The first-order valence-corrected chi connectivity index (χ1v) is 14.1. The third kappa shape index (κ3) is 9.27. The van der Waals surface area contributed by atoms with E-state index in [1.165, 1.54) is 5.56 Å². The Kier molecular flexibility index (Phi) is 11.9. The van der Waals surface area contributed by atoms with E-state index in [0.29, 0.717) is 19.4 Å². The molecule has 0 atom stereocenters. The number of nitrogens with zero attached hydrogens (tertiary/aromatic N) is 3. The highest BCUT2D eigenvalue weighted by Crippen LogP contribution is 2.38. The number of para-hydroxylation sites is 1. The zero-order valence-corrected chi connectivity index (χ0v) is 24.8. The van der Waals surface area contributed by atoms with Gasteiger partial charge in [-0.15, -0.1) is 0 Å². The van der Waals surface area contributed by atoms with Crippen LogP contribution in [-0.2, 0) is 33.1 Å². The maximum absolute atomic E-state index is 11.3. The first kappa shape index (κ1) is 34.0. The number of carbonyl (C=O) groups is 3. The monoisotopic (exact) mass is 613 g/mol. The molecule has 2 aromatic carbocycles. The van der Waals surface area contributed by atoms with Crippen molar-refractivity contribution in [1.29, 1.82) is 0 Å². The number of carboxylic acid groups (broad SMARTS) is 3. The normalized spacial score (nSPS) is 14.6. The number of likely N-dealkylation sites (tertiary alicyclic amines) is 1. The average Bonchev–Trinajstić information content (AvgIpc) is 3.48. The number of hydrogen-bond acceptors (Lipinski definition) is 9. The number of aromatic nitrogens is 2. The summed E-state index contributed by atoms with van der Waals surface area (Å²) in [6, 6.07) is 14.2. The summed E-state index contributed by atoms with van der Waals surface area (Å²) in [5, 5.41) is 45.1. The van der Waals surface area contributed by atoms with Crippen molar-refractivity contribution in [1.82, 2.24) is 14.5 Å². The van der Waals surface area contributed by atoms with Crippen LogP contribution in [0.2, 0.25) is 0 Å². The van der Waals surface area contributed by atoms with Crippen LogP contribution in [0.25, 0.3) is 0 Å². The summed E-state index contributed by atoms with van der Waals surface area (Å²) in [6.07, 6.45) is 4.67. The Morgan fingerprint density at radius 2 is 1.64 bits per heavy atom. The van der Waals surface area contributed by atoms with Crippen LogP contribution in [0.5, 0.6) is 11.5 Å². The van der Waals surface area contributed by atoms with E-state index in [-0.39, 0.29) is 0 Å². The van der Waals surface area contributed by atoms with Crippen molar-refractivity contribution in [2.75, 3.05) is 26.8 Å². The van der Waals surface area contributed by atoms with E-state index in [4.69, 9.17) is 29.9 Å². The summed E-state index contributed by atoms with van der Waals surface area (Å²) in [6.45, 7) is 5.90. The summed E-state index contributed by atoms with van der Waals surface area (Å²) in [7, 11) is 1.66. The summed E-state index contributed by atoms with van der Waals surface area (Å²) in [4.78, 5) is 37.0. The van der Waals surface area contributed by atoms with Crippen LogP contribution in [0, 0.1) is 0 Å². The Morgan fingerprint density at radius 1 is 0.977 bits per heavy atom. The van der Waals surface area contributed by atoms with Crippen molar-refractivity contribution < 1.29 is 49.4 Å². The van der Waals surface area contributed by atoms with Gasteiger partial charge in [0.05, 0.1) is 45.0 Å². The molecule has 4 rings (SSSR count). The number of hydrogen-bond donors (Lipinski definition) is 5. The Labute approximate surface area is 254 Å². The van der Waals surface area contributed by atoms with Gasteiger partial charge < -0.3 is 39.6 Å². The zero-order chi connectivity index (χ0) is 32.3. The highest BCUT2D eigenvalue weighted by atomic mass is 16.5. The van der Waals surface area contributed by atoms with E-state index in [9.17, 15) is 19.5 Å². The molecule has 238 valence electrons. The molecule has 0 spiro atoms. The quantitative estimate of drug-likeness (QED) is 0.190. The number of carboxylic acids is 3. The maximum Gasteiger partial charge on any atom is 0.336 e. The summed E-state index contributed by atoms with van der Waals surface area (Å²) < 4.78 is 13.4. The molecule has 0 unspecified atom stereocenters. The van der Waals surface area contributed by atoms with Crippen LogP contribution in [-0.4, -0.2) is 90.3 Å². The molecule has 0 aliphatic carbocycles. The minimum Gasteiger partial charge on any atom is -0.496 e. The Balaban J connectivity index is 0.000000345. The second-order valence-electron chi connectivity index (χ2n) is 10.6. The number of aliphatic carboxylic acids is 3. The molecule has 0 amide bonds. The first-order valence-electron chi connectivity index (χ1n) is 14.1. The van der Waals surface area contributed by atoms with Crippen LogP contribution in [0.4, 0.5) is 0 Å². The van der Waals surface area contributed by atoms with Crippen LogP contribution in [0.15, 0.2) is 61.2 Å². The number of aliphatic hydroxyl groups is 2. The number of imidazole rings is 1. The van der Waals surface area contributed by atoms with Crippen molar-refractivity contribution in [3.63, 3.8) is 0 Å². The molecular weight excluding hydrogens is 574 g/mol. The predicted molar refractivity (Wildman–Crippen MR) is 157 cm³/mol. The molecule has 3 aromatic rings. The minimum absolute atomic E-state index is 0.643. The fourth-order valence-electron chi connectivity index (χ4n) is 5.08. The molecule has 1 aliphatic rings.